The first-order chi connectivity index (χ1) is 16.4. The molecule has 7 nitrogen and oxygen atoms in total. The molecule has 4 aromatic carbocycles. The minimum atomic E-state index is -4.03. The van der Waals surface area contributed by atoms with E-state index < -0.39 is 29.5 Å². The summed E-state index contributed by atoms with van der Waals surface area (Å²) in [6.45, 7) is 1.84. The van der Waals surface area contributed by atoms with E-state index in [2.05, 4.69) is 0 Å². The van der Waals surface area contributed by atoms with Crippen molar-refractivity contribution in [2.45, 2.75) is 36.3 Å². The van der Waals surface area contributed by atoms with Crippen molar-refractivity contribution in [3.63, 3.8) is 0 Å². The van der Waals surface area contributed by atoms with Crippen LogP contribution in [0.5, 0.6) is 5.75 Å². The Hall–Kier alpha value is -3.47. The van der Waals surface area contributed by atoms with Gasteiger partial charge in [0.25, 0.3) is 0 Å². The number of rotatable bonds is 6. The van der Waals surface area contributed by atoms with Crippen LogP contribution in [-0.2, 0) is 29.5 Å². The number of benzene rings is 4. The Labute approximate surface area is 204 Å². The lowest BCUT2D eigenvalue weighted by molar-refractivity contribution is 0.474. The Morgan fingerprint density at radius 2 is 0.600 bits per heavy atom. The minimum Gasteiger partial charge on any atom is -0.508 e. The zero-order valence-corrected chi connectivity index (χ0v) is 20.8. The van der Waals surface area contributed by atoms with Crippen LogP contribution in [0.2, 0.25) is 0 Å². The van der Waals surface area contributed by atoms with Crippen LogP contribution in [0.25, 0.3) is 0 Å². The second-order valence-electron chi connectivity index (χ2n) is 7.76. The highest BCUT2D eigenvalue weighted by atomic mass is 32.2. The van der Waals surface area contributed by atoms with Gasteiger partial charge < -0.3 is 5.11 Å². The quantitative estimate of drug-likeness (QED) is 0.398. The van der Waals surface area contributed by atoms with Crippen molar-refractivity contribution in [1.29, 1.82) is 0 Å². The number of sulfone groups is 3. The van der Waals surface area contributed by atoms with Gasteiger partial charge in [0.05, 0.1) is 29.4 Å². The second-order valence-corrected chi connectivity index (χ2v) is 13.6. The van der Waals surface area contributed by atoms with Gasteiger partial charge in [-0.15, -0.1) is 0 Å². The third kappa shape index (κ3) is 4.72. The fraction of sp³-hybridized carbons (Fsp3) is 0.0400. The molecule has 1 N–H and O–H groups in total. The maximum atomic E-state index is 13.0. The Morgan fingerprint density at radius 3 is 0.857 bits per heavy atom. The molecule has 0 unspecified atom stereocenters. The second kappa shape index (κ2) is 8.95. The largest absolute Gasteiger partial charge is 0.508 e. The van der Waals surface area contributed by atoms with Crippen molar-refractivity contribution >= 4 is 29.5 Å². The number of phenols is 1. The molecule has 0 spiro atoms. The van der Waals surface area contributed by atoms with Crippen LogP contribution in [0.1, 0.15) is 5.56 Å². The van der Waals surface area contributed by atoms with Gasteiger partial charge in [0.2, 0.25) is 29.5 Å². The standard InChI is InChI=1S/C25H20O7S3/c1-18-2-6-20(7-3-18)33(27,28)22-10-14-24(15-11-22)35(31,32)25-16-12-23(13-17-25)34(29,30)21-8-4-19(26)5-9-21/h2-17,26H,1H3. The predicted molar refractivity (Wildman–Crippen MR) is 129 cm³/mol. The van der Waals surface area contributed by atoms with Crippen LogP contribution < -0.4 is 0 Å². The van der Waals surface area contributed by atoms with Crippen LogP contribution in [0.15, 0.2) is 126 Å². The zero-order valence-electron chi connectivity index (χ0n) is 18.4. The first kappa shape index (κ1) is 24.6. The summed E-state index contributed by atoms with van der Waals surface area (Å²) in [7, 11) is -11.7. The van der Waals surface area contributed by atoms with E-state index in [1.807, 2.05) is 6.92 Å². The Kier molecular flexibility index (Phi) is 6.31. The average Bonchev–Trinajstić information content (AvgIpc) is 2.85. The van der Waals surface area contributed by atoms with E-state index in [-0.39, 0.29) is 35.1 Å². The van der Waals surface area contributed by atoms with Gasteiger partial charge in [-0.3, -0.25) is 0 Å². The van der Waals surface area contributed by atoms with Gasteiger partial charge in [0.15, 0.2) is 0 Å². The van der Waals surface area contributed by atoms with Crippen molar-refractivity contribution < 1.29 is 30.4 Å². The topological polar surface area (TPSA) is 123 Å². The van der Waals surface area contributed by atoms with Crippen LogP contribution in [0.3, 0.4) is 0 Å². The minimum absolute atomic E-state index is 0.0451. The molecule has 35 heavy (non-hydrogen) atoms. The van der Waals surface area contributed by atoms with Crippen molar-refractivity contribution in [2.75, 3.05) is 0 Å². The Balaban J connectivity index is 1.62. The van der Waals surface area contributed by atoms with Gasteiger partial charge in [0, 0.05) is 0 Å². The highest BCUT2D eigenvalue weighted by molar-refractivity contribution is 7.92. The van der Waals surface area contributed by atoms with Gasteiger partial charge in [-0.05, 0) is 91.9 Å². The highest BCUT2D eigenvalue weighted by Crippen LogP contribution is 2.28. The van der Waals surface area contributed by atoms with Gasteiger partial charge in [-0.25, -0.2) is 25.3 Å². The Bertz CT molecular complexity index is 1560. The third-order valence-corrected chi connectivity index (χ3v) is 10.7. The highest BCUT2D eigenvalue weighted by Gasteiger charge is 2.23. The molecule has 0 aliphatic heterocycles. The number of aryl methyl sites for hydroxylation is 1. The van der Waals surface area contributed by atoms with Gasteiger partial charge in [0.1, 0.15) is 5.75 Å². The molecule has 4 rings (SSSR count). The summed E-state index contributed by atoms with van der Waals surface area (Å²) in [5, 5.41) is 9.36. The summed E-state index contributed by atoms with van der Waals surface area (Å²) < 4.78 is 77.2. The number of phenolic OH excluding ortho intramolecular Hbond substituents is 1. The van der Waals surface area contributed by atoms with Crippen molar-refractivity contribution in [1.82, 2.24) is 0 Å². The van der Waals surface area contributed by atoms with E-state index in [1.165, 1.54) is 84.9 Å². The molecule has 0 radical (unpaired) electrons. The number of aromatic hydroxyl groups is 1. The molecule has 0 bridgehead atoms. The van der Waals surface area contributed by atoms with Gasteiger partial charge in [-0.1, -0.05) is 17.7 Å². The summed E-state index contributed by atoms with van der Waals surface area (Å²) in [6.07, 6.45) is 0. The molecule has 0 aliphatic carbocycles. The molecule has 4 aromatic rings. The molecule has 180 valence electrons. The first-order valence-corrected chi connectivity index (χ1v) is 14.7. The maximum absolute atomic E-state index is 13.0. The maximum Gasteiger partial charge on any atom is 0.206 e. The first-order valence-electron chi connectivity index (χ1n) is 10.2. The summed E-state index contributed by atoms with van der Waals surface area (Å²) in [6, 6.07) is 20.9. The lowest BCUT2D eigenvalue weighted by atomic mass is 10.2. The normalized spacial score (nSPS) is 12.4. The average molecular weight is 529 g/mol. The molecule has 0 saturated carbocycles. The predicted octanol–water partition coefficient (Wildman–Crippen LogP) is 4.20. The molecule has 0 atom stereocenters. The fourth-order valence-electron chi connectivity index (χ4n) is 3.35. The molecule has 0 fully saturated rings. The third-order valence-electron chi connectivity index (χ3n) is 5.37. The van der Waals surface area contributed by atoms with E-state index in [0.717, 1.165) is 5.56 Å². The molecule has 0 saturated heterocycles. The lowest BCUT2D eigenvalue weighted by Crippen LogP contribution is -2.06. The lowest BCUT2D eigenvalue weighted by Gasteiger charge is -2.09. The van der Waals surface area contributed by atoms with Gasteiger partial charge in [-0.2, -0.15) is 0 Å². The van der Waals surface area contributed by atoms with Crippen molar-refractivity contribution in [3.8, 4) is 5.75 Å². The summed E-state index contributed by atoms with van der Waals surface area (Å²) >= 11 is 0. The molecule has 10 heteroatoms. The van der Waals surface area contributed by atoms with E-state index in [1.54, 1.807) is 12.1 Å². The molecular formula is C25H20O7S3. The summed E-state index contributed by atoms with van der Waals surface area (Å²) in [5.41, 5.74) is 0.910. The fourth-order valence-corrected chi connectivity index (χ4v) is 7.13. The van der Waals surface area contributed by atoms with E-state index in [0.29, 0.717) is 0 Å². The smallest absolute Gasteiger partial charge is 0.206 e. The molecule has 0 heterocycles. The number of hydrogen-bond donors (Lipinski definition) is 1. The van der Waals surface area contributed by atoms with Gasteiger partial charge >= 0.3 is 0 Å². The van der Waals surface area contributed by atoms with E-state index in [4.69, 9.17) is 0 Å². The molecule has 0 aliphatic rings. The van der Waals surface area contributed by atoms with Crippen LogP contribution >= 0.6 is 0 Å². The number of hydrogen-bond acceptors (Lipinski definition) is 7. The zero-order chi connectivity index (χ0) is 25.4. The van der Waals surface area contributed by atoms with E-state index in [9.17, 15) is 30.4 Å². The van der Waals surface area contributed by atoms with Crippen LogP contribution in [0.4, 0.5) is 0 Å². The monoisotopic (exact) mass is 528 g/mol. The summed E-state index contributed by atoms with van der Waals surface area (Å²) in [5.74, 6) is -0.0805. The summed E-state index contributed by atoms with van der Waals surface area (Å²) in [4.78, 5) is -0.372. The molecule has 0 amide bonds. The van der Waals surface area contributed by atoms with Crippen molar-refractivity contribution in [3.05, 3.63) is 103 Å². The molecule has 0 aromatic heterocycles. The molecular weight excluding hydrogens is 508 g/mol. The SMILES string of the molecule is Cc1ccc(S(=O)(=O)c2ccc(S(=O)(=O)c3ccc(S(=O)(=O)c4ccc(O)cc4)cc3)cc2)cc1. The Morgan fingerprint density at radius 1 is 0.400 bits per heavy atom. The van der Waals surface area contributed by atoms with Crippen molar-refractivity contribution in [2.24, 2.45) is 0 Å². The van der Waals surface area contributed by atoms with E-state index >= 15 is 0 Å². The van der Waals surface area contributed by atoms with Crippen LogP contribution in [-0.4, -0.2) is 30.4 Å². The van der Waals surface area contributed by atoms with Crippen LogP contribution in [0, 0.1) is 6.92 Å².